The van der Waals surface area contributed by atoms with Crippen LogP contribution in [0.15, 0.2) is 83.4 Å². The van der Waals surface area contributed by atoms with Gasteiger partial charge in [-0.25, -0.2) is 4.39 Å². The number of halogens is 1. The first kappa shape index (κ1) is 17.0. The summed E-state index contributed by atoms with van der Waals surface area (Å²) in [6.45, 7) is -0.327. The minimum Gasteiger partial charge on any atom is -0.457 e. The molecule has 27 heavy (non-hydrogen) atoms. The Hall–Kier alpha value is -3.44. The van der Waals surface area contributed by atoms with Crippen molar-refractivity contribution in [2.24, 2.45) is 0 Å². The maximum atomic E-state index is 14.1. The van der Waals surface area contributed by atoms with Crippen molar-refractivity contribution in [1.29, 1.82) is 0 Å². The van der Waals surface area contributed by atoms with Gasteiger partial charge in [0.05, 0.1) is 17.7 Å². The van der Waals surface area contributed by atoms with Crippen LogP contribution in [0.25, 0.3) is 22.6 Å². The van der Waals surface area contributed by atoms with Crippen molar-refractivity contribution in [3.05, 3.63) is 90.2 Å². The number of aliphatic hydroxyl groups excluding tert-OH is 1. The summed E-state index contributed by atoms with van der Waals surface area (Å²) in [7, 11) is 0. The Labute approximate surface area is 155 Å². The summed E-state index contributed by atoms with van der Waals surface area (Å²) in [5.41, 5.74) is 1.85. The second kappa shape index (κ2) is 7.43. The predicted octanol–water partition coefficient (Wildman–Crippen LogP) is 5.43. The summed E-state index contributed by atoms with van der Waals surface area (Å²) >= 11 is 0. The van der Waals surface area contributed by atoms with Crippen molar-refractivity contribution in [2.45, 2.75) is 6.61 Å². The third kappa shape index (κ3) is 3.45. The number of nitrogens with zero attached hydrogens (tertiary/aromatic N) is 1. The van der Waals surface area contributed by atoms with Crippen LogP contribution in [0.4, 0.5) is 4.39 Å². The molecule has 4 rings (SSSR count). The van der Waals surface area contributed by atoms with Crippen molar-refractivity contribution < 1.29 is 18.8 Å². The van der Waals surface area contributed by atoms with E-state index in [1.54, 1.807) is 24.3 Å². The Morgan fingerprint density at radius 1 is 0.889 bits per heavy atom. The fraction of sp³-hybridized carbons (Fsp3) is 0.0455. The van der Waals surface area contributed by atoms with Crippen LogP contribution in [-0.4, -0.2) is 10.3 Å². The number of rotatable bonds is 5. The molecule has 0 aliphatic carbocycles. The first-order chi connectivity index (χ1) is 13.3. The second-order valence-electron chi connectivity index (χ2n) is 5.92. The van der Waals surface area contributed by atoms with Gasteiger partial charge in [0.25, 0.3) is 0 Å². The Kier molecular flexibility index (Phi) is 4.68. The van der Waals surface area contributed by atoms with Crippen LogP contribution >= 0.6 is 0 Å². The predicted molar refractivity (Wildman–Crippen MR) is 99.8 cm³/mol. The molecule has 5 heteroatoms. The van der Waals surface area contributed by atoms with Crippen LogP contribution in [0.3, 0.4) is 0 Å². The highest BCUT2D eigenvalue weighted by atomic mass is 19.1. The number of ether oxygens (including phenoxy) is 1. The molecular formula is C22H16FNO3. The number of aliphatic hydroxyl groups is 1. The molecule has 0 aliphatic heterocycles. The summed E-state index contributed by atoms with van der Waals surface area (Å²) in [5.74, 6) is 1.12. The van der Waals surface area contributed by atoms with Crippen LogP contribution in [0.1, 0.15) is 5.56 Å². The third-order valence-corrected chi connectivity index (χ3v) is 4.15. The van der Waals surface area contributed by atoms with E-state index in [1.807, 2.05) is 48.5 Å². The smallest absolute Gasteiger partial charge is 0.175 e. The molecular weight excluding hydrogens is 345 g/mol. The highest BCUT2D eigenvalue weighted by Gasteiger charge is 2.20. The van der Waals surface area contributed by atoms with Crippen molar-refractivity contribution in [3.63, 3.8) is 0 Å². The van der Waals surface area contributed by atoms with E-state index in [-0.39, 0.29) is 17.9 Å². The Balaban J connectivity index is 1.72. The van der Waals surface area contributed by atoms with Gasteiger partial charge in [0, 0.05) is 5.56 Å². The quantitative estimate of drug-likeness (QED) is 0.515. The third-order valence-electron chi connectivity index (χ3n) is 4.15. The summed E-state index contributed by atoms with van der Waals surface area (Å²) in [4.78, 5) is 0. The molecule has 1 heterocycles. The molecule has 0 amide bonds. The molecule has 4 nitrogen and oxygen atoms in total. The molecule has 4 aromatic rings. The monoisotopic (exact) mass is 361 g/mol. The molecule has 0 saturated carbocycles. The number of benzene rings is 3. The molecule has 3 aromatic carbocycles. The standard InChI is InChI=1S/C22H16FNO3/c23-20-12-5-4-11-18(20)22-19(14-25)21(24-27-22)15-7-6-10-17(13-15)26-16-8-2-1-3-9-16/h1-13,25H,14H2. The molecule has 0 radical (unpaired) electrons. The van der Waals surface area contributed by atoms with E-state index in [1.165, 1.54) is 6.07 Å². The molecule has 1 N–H and O–H groups in total. The lowest BCUT2D eigenvalue weighted by atomic mass is 10.0. The Morgan fingerprint density at radius 2 is 1.63 bits per heavy atom. The molecule has 0 saturated heterocycles. The summed E-state index contributed by atoms with van der Waals surface area (Å²) in [6, 6.07) is 22.9. The number of hydrogen-bond donors (Lipinski definition) is 1. The normalized spacial score (nSPS) is 10.7. The zero-order valence-corrected chi connectivity index (χ0v) is 14.3. The highest BCUT2D eigenvalue weighted by Crippen LogP contribution is 2.35. The first-order valence-electron chi connectivity index (χ1n) is 8.44. The molecule has 134 valence electrons. The van der Waals surface area contributed by atoms with E-state index in [0.29, 0.717) is 28.3 Å². The van der Waals surface area contributed by atoms with Crippen molar-refractivity contribution in [1.82, 2.24) is 5.16 Å². The maximum Gasteiger partial charge on any atom is 0.175 e. The number of hydrogen-bond acceptors (Lipinski definition) is 4. The maximum absolute atomic E-state index is 14.1. The van der Waals surface area contributed by atoms with Gasteiger partial charge in [-0.05, 0) is 36.4 Å². The summed E-state index contributed by atoms with van der Waals surface area (Å²) in [6.07, 6.45) is 0. The van der Waals surface area contributed by atoms with Gasteiger partial charge in [0.2, 0.25) is 0 Å². The van der Waals surface area contributed by atoms with E-state index in [0.717, 1.165) is 0 Å². The van der Waals surface area contributed by atoms with E-state index in [2.05, 4.69) is 5.16 Å². The molecule has 0 unspecified atom stereocenters. The zero-order chi connectivity index (χ0) is 18.6. The molecule has 0 atom stereocenters. The lowest BCUT2D eigenvalue weighted by Crippen LogP contribution is -1.91. The van der Waals surface area contributed by atoms with Gasteiger partial charge >= 0.3 is 0 Å². The zero-order valence-electron chi connectivity index (χ0n) is 14.3. The van der Waals surface area contributed by atoms with Gasteiger partial charge in [-0.15, -0.1) is 0 Å². The molecule has 0 bridgehead atoms. The van der Waals surface area contributed by atoms with Crippen LogP contribution in [-0.2, 0) is 6.61 Å². The van der Waals surface area contributed by atoms with Crippen molar-refractivity contribution in [2.75, 3.05) is 0 Å². The number of aromatic nitrogens is 1. The molecule has 0 spiro atoms. The molecule has 0 aliphatic rings. The summed E-state index contributed by atoms with van der Waals surface area (Å²) < 4.78 is 25.3. The number of para-hydroxylation sites is 1. The van der Waals surface area contributed by atoms with Gasteiger partial charge < -0.3 is 14.4 Å². The lowest BCUT2D eigenvalue weighted by Gasteiger charge is -2.07. The van der Waals surface area contributed by atoms with Gasteiger partial charge in [-0.2, -0.15) is 0 Å². The van der Waals surface area contributed by atoms with Gasteiger partial charge in [-0.3, -0.25) is 0 Å². The average molecular weight is 361 g/mol. The van der Waals surface area contributed by atoms with Gasteiger partial charge in [-0.1, -0.05) is 47.6 Å². The van der Waals surface area contributed by atoms with Gasteiger partial charge in [0.1, 0.15) is 23.0 Å². The first-order valence-corrected chi connectivity index (χ1v) is 8.44. The molecule has 1 aromatic heterocycles. The van der Waals surface area contributed by atoms with E-state index in [4.69, 9.17) is 9.26 Å². The topological polar surface area (TPSA) is 55.5 Å². The Bertz CT molecular complexity index is 1060. The van der Waals surface area contributed by atoms with Crippen LogP contribution in [0.5, 0.6) is 11.5 Å². The van der Waals surface area contributed by atoms with Crippen LogP contribution in [0, 0.1) is 5.82 Å². The minimum atomic E-state index is -0.434. The second-order valence-corrected chi connectivity index (χ2v) is 5.92. The van der Waals surface area contributed by atoms with Gasteiger partial charge in [0.15, 0.2) is 5.76 Å². The summed E-state index contributed by atoms with van der Waals surface area (Å²) in [5, 5.41) is 13.9. The van der Waals surface area contributed by atoms with Crippen LogP contribution in [0.2, 0.25) is 0 Å². The van der Waals surface area contributed by atoms with E-state index >= 15 is 0 Å². The Morgan fingerprint density at radius 3 is 2.41 bits per heavy atom. The fourth-order valence-electron chi connectivity index (χ4n) is 2.87. The SMILES string of the molecule is OCc1c(-c2cccc(Oc3ccccc3)c2)noc1-c1ccccc1F. The minimum absolute atomic E-state index is 0.222. The largest absolute Gasteiger partial charge is 0.457 e. The lowest BCUT2D eigenvalue weighted by molar-refractivity contribution is 0.281. The highest BCUT2D eigenvalue weighted by molar-refractivity contribution is 5.73. The molecule has 0 fully saturated rings. The van der Waals surface area contributed by atoms with E-state index in [9.17, 15) is 9.50 Å². The fourth-order valence-corrected chi connectivity index (χ4v) is 2.87. The average Bonchev–Trinajstić information content (AvgIpc) is 3.13. The van der Waals surface area contributed by atoms with E-state index < -0.39 is 5.82 Å². The van der Waals surface area contributed by atoms with Crippen molar-refractivity contribution in [3.8, 4) is 34.1 Å². The van der Waals surface area contributed by atoms with Crippen LogP contribution < -0.4 is 4.74 Å². The van der Waals surface area contributed by atoms with Crippen molar-refractivity contribution >= 4 is 0 Å².